The second-order valence-corrected chi connectivity index (χ2v) is 12.7. The zero-order chi connectivity index (χ0) is 30.7. The summed E-state index contributed by atoms with van der Waals surface area (Å²) in [5, 5.41) is 0.655. The van der Waals surface area contributed by atoms with E-state index in [-0.39, 0.29) is 18.3 Å². The van der Waals surface area contributed by atoms with E-state index in [1.807, 2.05) is 86.7 Å². The topological polar surface area (TPSA) is 79.1 Å². The molecule has 0 aliphatic carbocycles. The Bertz CT molecular complexity index is 1900. The number of rotatable bonds is 9. The van der Waals surface area contributed by atoms with E-state index in [9.17, 15) is 9.59 Å². The van der Waals surface area contributed by atoms with Crippen molar-refractivity contribution in [3.63, 3.8) is 0 Å². The fourth-order valence-electron chi connectivity index (χ4n) is 4.80. The van der Waals surface area contributed by atoms with E-state index in [4.69, 9.17) is 25.8 Å². The number of ether oxygens (including phenoxy) is 3. The van der Waals surface area contributed by atoms with Gasteiger partial charge in [0, 0.05) is 16.1 Å². The molecule has 10 heteroatoms. The molecule has 0 bridgehead atoms. The number of aromatic nitrogens is 1. The largest absolute Gasteiger partial charge is 0.491 e. The highest BCUT2D eigenvalue weighted by Gasteiger charge is 2.35. The van der Waals surface area contributed by atoms with Crippen LogP contribution in [0.15, 0.2) is 87.8 Å². The number of halogens is 2. The van der Waals surface area contributed by atoms with Gasteiger partial charge >= 0.3 is 5.97 Å². The molecule has 0 saturated carbocycles. The fourth-order valence-corrected chi connectivity index (χ4v) is 6.73. The summed E-state index contributed by atoms with van der Waals surface area (Å²) in [7, 11) is 0. The lowest BCUT2D eigenvalue weighted by molar-refractivity contribution is -0.139. The number of para-hydroxylation sites is 1. The van der Waals surface area contributed by atoms with Crippen LogP contribution in [0.4, 0.5) is 0 Å². The molecule has 1 aliphatic heterocycles. The molecule has 5 rings (SSSR count). The van der Waals surface area contributed by atoms with Gasteiger partial charge in [-0.2, -0.15) is 0 Å². The summed E-state index contributed by atoms with van der Waals surface area (Å²) in [5.74, 6) is 0.801. The zero-order valence-electron chi connectivity index (χ0n) is 24.1. The van der Waals surface area contributed by atoms with Crippen molar-refractivity contribution in [3.8, 4) is 11.5 Å². The highest BCUT2D eigenvalue weighted by Crippen LogP contribution is 2.36. The number of benzene rings is 3. The van der Waals surface area contributed by atoms with Crippen LogP contribution in [0.2, 0.25) is 5.02 Å². The molecule has 0 spiro atoms. The maximum atomic E-state index is 14.0. The molecule has 1 aliphatic rings. The first kappa shape index (κ1) is 31.0. The van der Waals surface area contributed by atoms with Crippen LogP contribution in [0, 0.1) is 3.57 Å². The molecule has 1 atom stereocenters. The summed E-state index contributed by atoms with van der Waals surface area (Å²) in [6, 6.07) is 20.0. The Morgan fingerprint density at radius 1 is 1.12 bits per heavy atom. The predicted octanol–water partition coefficient (Wildman–Crippen LogP) is 6.42. The number of carbonyl (C=O) groups is 1. The van der Waals surface area contributed by atoms with Gasteiger partial charge in [0.25, 0.3) is 5.56 Å². The van der Waals surface area contributed by atoms with Gasteiger partial charge in [-0.15, -0.1) is 0 Å². The number of nitrogens with zero attached hydrogens (tertiary/aromatic N) is 2. The lowest BCUT2D eigenvalue weighted by atomic mass is 9.95. The van der Waals surface area contributed by atoms with Crippen molar-refractivity contribution >= 4 is 57.6 Å². The molecule has 0 fully saturated rings. The molecule has 43 heavy (non-hydrogen) atoms. The van der Waals surface area contributed by atoms with Crippen LogP contribution in [-0.2, 0) is 16.1 Å². The summed E-state index contributed by atoms with van der Waals surface area (Å²) in [5.41, 5.74) is 2.99. The highest BCUT2D eigenvalue weighted by atomic mass is 127. The molecule has 7 nitrogen and oxygen atoms in total. The Morgan fingerprint density at radius 3 is 2.58 bits per heavy atom. The summed E-state index contributed by atoms with van der Waals surface area (Å²) in [6.45, 7) is 7.94. The second-order valence-electron chi connectivity index (χ2n) is 10.1. The van der Waals surface area contributed by atoms with E-state index in [1.54, 1.807) is 18.4 Å². The van der Waals surface area contributed by atoms with Crippen molar-refractivity contribution in [2.75, 3.05) is 6.61 Å². The van der Waals surface area contributed by atoms with Gasteiger partial charge in [0.2, 0.25) is 0 Å². The summed E-state index contributed by atoms with van der Waals surface area (Å²) >= 11 is 9.77. The van der Waals surface area contributed by atoms with Crippen molar-refractivity contribution in [1.82, 2.24) is 4.57 Å². The summed E-state index contributed by atoms with van der Waals surface area (Å²) in [4.78, 5) is 32.5. The standard InChI is InChI=1S/C33H30ClIN2O5S/c1-5-40-32(39)29-20(4)36-33-37(30(29)23-11-7-9-13-26(23)42-19(2)3)31(38)28(43-33)17-21-14-15-27(25(35)16-21)41-18-22-10-6-8-12-24(22)34/h6-17,19,30H,5,18H2,1-4H3/b28-17+/t30-/m0/s1. The molecule has 1 aromatic heterocycles. The van der Waals surface area contributed by atoms with E-state index >= 15 is 0 Å². The van der Waals surface area contributed by atoms with E-state index < -0.39 is 12.0 Å². The Kier molecular flexibility index (Phi) is 9.73. The average Bonchev–Trinajstić information content (AvgIpc) is 3.26. The van der Waals surface area contributed by atoms with Crippen LogP contribution in [0.3, 0.4) is 0 Å². The first-order chi connectivity index (χ1) is 20.7. The van der Waals surface area contributed by atoms with Gasteiger partial charge < -0.3 is 14.2 Å². The maximum Gasteiger partial charge on any atom is 0.338 e. The smallest absolute Gasteiger partial charge is 0.338 e. The average molecular weight is 729 g/mol. The normalized spacial score (nSPS) is 14.9. The van der Waals surface area contributed by atoms with Gasteiger partial charge in [0.1, 0.15) is 24.1 Å². The Labute approximate surface area is 272 Å². The third-order valence-electron chi connectivity index (χ3n) is 6.69. The molecule has 0 N–H and O–H groups in total. The highest BCUT2D eigenvalue weighted by molar-refractivity contribution is 14.1. The third kappa shape index (κ3) is 6.73. The van der Waals surface area contributed by atoms with Crippen molar-refractivity contribution < 1.29 is 19.0 Å². The second kappa shape index (κ2) is 13.5. The minimum Gasteiger partial charge on any atom is -0.491 e. The lowest BCUT2D eigenvalue weighted by Gasteiger charge is -2.26. The Hall–Kier alpha value is -3.41. The van der Waals surface area contributed by atoms with Crippen LogP contribution in [0.25, 0.3) is 6.08 Å². The number of thiazole rings is 1. The number of fused-ring (bicyclic) bond motifs is 1. The van der Waals surface area contributed by atoms with E-state index in [2.05, 4.69) is 27.6 Å². The fraction of sp³-hybridized carbons (Fsp3) is 0.242. The van der Waals surface area contributed by atoms with Crippen LogP contribution in [-0.4, -0.2) is 23.2 Å². The van der Waals surface area contributed by atoms with Crippen LogP contribution < -0.4 is 24.4 Å². The minimum absolute atomic E-state index is 0.104. The van der Waals surface area contributed by atoms with Gasteiger partial charge in [0.05, 0.1) is 32.1 Å². The predicted molar refractivity (Wildman–Crippen MR) is 178 cm³/mol. The monoisotopic (exact) mass is 728 g/mol. The quantitative estimate of drug-likeness (QED) is 0.147. The number of allylic oxidation sites excluding steroid dienone is 1. The van der Waals surface area contributed by atoms with Crippen LogP contribution in [0.5, 0.6) is 11.5 Å². The molecule has 3 aromatic carbocycles. The van der Waals surface area contributed by atoms with Gasteiger partial charge in [-0.3, -0.25) is 9.36 Å². The number of hydrogen-bond acceptors (Lipinski definition) is 7. The molecule has 2 heterocycles. The van der Waals surface area contributed by atoms with Gasteiger partial charge in [-0.25, -0.2) is 9.79 Å². The maximum absolute atomic E-state index is 14.0. The third-order valence-corrected chi connectivity index (χ3v) is 8.88. The minimum atomic E-state index is -0.756. The number of carbonyl (C=O) groups excluding carboxylic acids is 1. The molecule has 4 aromatic rings. The SMILES string of the molecule is CCOC(=O)C1=C(C)N=c2s/c(=C/c3ccc(OCc4ccccc4Cl)c(I)c3)c(=O)n2[C@H]1c1ccccc1OC(C)C. The summed E-state index contributed by atoms with van der Waals surface area (Å²) in [6.07, 6.45) is 1.73. The van der Waals surface area contributed by atoms with Gasteiger partial charge in [0.15, 0.2) is 4.80 Å². The summed E-state index contributed by atoms with van der Waals surface area (Å²) < 4.78 is 20.5. The van der Waals surface area contributed by atoms with Gasteiger partial charge in [-0.1, -0.05) is 65.4 Å². The van der Waals surface area contributed by atoms with Crippen LogP contribution in [0.1, 0.15) is 50.4 Å². The van der Waals surface area contributed by atoms with E-state index in [0.717, 1.165) is 20.4 Å². The van der Waals surface area contributed by atoms with E-state index in [0.29, 0.717) is 43.5 Å². The first-order valence-corrected chi connectivity index (χ1v) is 16.1. The molecule has 222 valence electrons. The van der Waals surface area contributed by atoms with Crippen molar-refractivity contribution in [2.45, 2.75) is 46.4 Å². The van der Waals surface area contributed by atoms with Crippen molar-refractivity contribution in [2.24, 2.45) is 4.99 Å². The van der Waals surface area contributed by atoms with Gasteiger partial charge in [-0.05, 0) is 86.2 Å². The number of hydrogen-bond donors (Lipinski definition) is 0. The molecular formula is C33H30ClIN2O5S. The molecule has 0 saturated heterocycles. The van der Waals surface area contributed by atoms with Crippen molar-refractivity contribution in [1.29, 1.82) is 0 Å². The lowest BCUT2D eigenvalue weighted by Crippen LogP contribution is -2.40. The Balaban J connectivity index is 1.56. The zero-order valence-corrected chi connectivity index (χ0v) is 27.8. The molecule has 0 amide bonds. The first-order valence-electron chi connectivity index (χ1n) is 13.8. The Morgan fingerprint density at radius 2 is 1.86 bits per heavy atom. The molecule has 0 unspecified atom stereocenters. The molecule has 0 radical (unpaired) electrons. The number of esters is 1. The van der Waals surface area contributed by atoms with Crippen molar-refractivity contribution in [3.05, 3.63) is 123 Å². The van der Waals surface area contributed by atoms with E-state index in [1.165, 1.54) is 11.3 Å². The molecular weight excluding hydrogens is 699 g/mol. The van der Waals surface area contributed by atoms with Crippen LogP contribution >= 0.6 is 45.5 Å².